The third-order valence-corrected chi connectivity index (χ3v) is 7.53. The molecule has 1 aliphatic heterocycles. The molecule has 0 radical (unpaired) electrons. The summed E-state index contributed by atoms with van der Waals surface area (Å²) < 4.78 is 2.71. The number of nitrogens with one attached hydrogen (secondary N) is 1. The number of benzene rings is 1. The molecule has 2 aromatic heterocycles. The van der Waals surface area contributed by atoms with Crippen LogP contribution in [0.5, 0.6) is 0 Å². The van der Waals surface area contributed by atoms with E-state index >= 15 is 0 Å². The molecule has 28 heavy (non-hydrogen) atoms. The van der Waals surface area contributed by atoms with Gasteiger partial charge < -0.3 is 5.32 Å². The fourth-order valence-corrected chi connectivity index (χ4v) is 6.07. The van der Waals surface area contributed by atoms with Gasteiger partial charge in [0, 0.05) is 18.2 Å². The second kappa shape index (κ2) is 7.88. The number of rotatable bonds is 5. The molecule has 146 valence electrons. The number of carbonyl (C=O) groups excluding carboxylic acids is 1. The van der Waals surface area contributed by atoms with Crippen molar-refractivity contribution in [1.82, 2.24) is 14.5 Å². The van der Waals surface area contributed by atoms with Crippen LogP contribution in [0, 0.1) is 6.92 Å². The largest absolute Gasteiger partial charge is 0.301 e. The van der Waals surface area contributed by atoms with Crippen molar-refractivity contribution in [1.29, 1.82) is 0 Å². The number of nitrogens with zero attached hydrogens (tertiary/aromatic N) is 3. The summed E-state index contributed by atoms with van der Waals surface area (Å²) >= 11 is 4.35. The first-order valence-corrected chi connectivity index (χ1v) is 11.7. The van der Waals surface area contributed by atoms with E-state index in [0.717, 1.165) is 32.8 Å². The van der Waals surface area contributed by atoms with Gasteiger partial charge in [0.1, 0.15) is 0 Å². The molecule has 4 rings (SSSR count). The Bertz CT molecular complexity index is 1120. The summed E-state index contributed by atoms with van der Waals surface area (Å²) in [4.78, 5) is 35.0. The first-order chi connectivity index (χ1) is 13.4. The van der Waals surface area contributed by atoms with E-state index in [0.29, 0.717) is 22.1 Å². The van der Waals surface area contributed by atoms with Gasteiger partial charge in [0.15, 0.2) is 10.3 Å². The molecule has 6 nitrogen and oxygen atoms in total. The maximum Gasteiger partial charge on any atom is 0.268 e. The van der Waals surface area contributed by atoms with Crippen molar-refractivity contribution in [3.63, 3.8) is 0 Å². The van der Waals surface area contributed by atoms with Crippen molar-refractivity contribution in [2.75, 3.05) is 11.1 Å². The highest BCUT2D eigenvalue weighted by molar-refractivity contribution is 8.00. The van der Waals surface area contributed by atoms with Crippen molar-refractivity contribution < 1.29 is 4.79 Å². The zero-order chi connectivity index (χ0) is 19.8. The molecule has 0 saturated heterocycles. The summed E-state index contributed by atoms with van der Waals surface area (Å²) in [5.41, 5.74) is 2.91. The number of anilines is 1. The van der Waals surface area contributed by atoms with Crippen molar-refractivity contribution in [3.8, 4) is 0 Å². The van der Waals surface area contributed by atoms with Crippen molar-refractivity contribution in [2.24, 2.45) is 0 Å². The Morgan fingerprint density at radius 1 is 1.39 bits per heavy atom. The molecule has 1 aromatic carbocycles. The number of hydrogen-bond acceptors (Lipinski definition) is 7. The molecule has 0 bridgehead atoms. The van der Waals surface area contributed by atoms with E-state index in [1.807, 2.05) is 26.0 Å². The molecule has 0 fully saturated rings. The SMILES string of the molecule is CCn1c(SCC(=O)Nc2nc3ccc(C)cc3s2)nc2c(c1=O)S[C@H](C)C2. The fraction of sp³-hybridized carbons (Fsp3) is 0.368. The molecule has 3 aromatic rings. The van der Waals surface area contributed by atoms with Crippen molar-refractivity contribution >= 4 is 56.1 Å². The number of fused-ring (bicyclic) bond motifs is 2. The lowest BCUT2D eigenvalue weighted by Gasteiger charge is -2.11. The van der Waals surface area contributed by atoms with Crippen LogP contribution >= 0.6 is 34.9 Å². The van der Waals surface area contributed by atoms with Crippen LogP contribution in [0.15, 0.2) is 33.0 Å². The van der Waals surface area contributed by atoms with Gasteiger partial charge in [0.25, 0.3) is 5.56 Å². The summed E-state index contributed by atoms with van der Waals surface area (Å²) in [6.45, 7) is 6.59. The Balaban J connectivity index is 1.48. The molecule has 0 saturated carbocycles. The molecule has 9 heteroatoms. The number of aromatic nitrogens is 3. The maximum absolute atomic E-state index is 12.7. The Kier molecular flexibility index (Phi) is 5.48. The predicted octanol–water partition coefficient (Wildman–Crippen LogP) is 3.95. The fourth-order valence-electron chi connectivity index (χ4n) is 3.09. The minimum atomic E-state index is -0.152. The van der Waals surface area contributed by atoms with Gasteiger partial charge in [-0.2, -0.15) is 0 Å². The van der Waals surface area contributed by atoms with E-state index < -0.39 is 0 Å². The molecule has 0 spiro atoms. The summed E-state index contributed by atoms with van der Waals surface area (Å²) in [5, 5.41) is 4.42. The van der Waals surface area contributed by atoms with Gasteiger partial charge in [-0.05, 0) is 31.5 Å². The van der Waals surface area contributed by atoms with Gasteiger partial charge >= 0.3 is 0 Å². The highest BCUT2D eigenvalue weighted by Gasteiger charge is 2.26. The number of carbonyl (C=O) groups is 1. The molecule has 1 amide bonds. The summed E-state index contributed by atoms with van der Waals surface area (Å²) in [6, 6.07) is 6.02. The minimum absolute atomic E-state index is 0.00583. The molecular formula is C19H20N4O2S3. The Labute approximate surface area is 175 Å². The Morgan fingerprint density at radius 2 is 2.21 bits per heavy atom. The molecule has 0 aliphatic carbocycles. The number of thioether (sulfide) groups is 2. The number of thiazole rings is 1. The molecular weight excluding hydrogens is 412 g/mol. The Hall–Kier alpha value is -1.84. The highest BCUT2D eigenvalue weighted by atomic mass is 32.2. The van der Waals surface area contributed by atoms with Crippen molar-refractivity contribution in [2.45, 2.75) is 49.0 Å². The number of hydrogen-bond donors (Lipinski definition) is 1. The lowest BCUT2D eigenvalue weighted by atomic mass is 10.2. The molecule has 0 unspecified atom stereocenters. The Morgan fingerprint density at radius 3 is 3.00 bits per heavy atom. The predicted molar refractivity (Wildman–Crippen MR) is 117 cm³/mol. The number of aryl methyl sites for hydroxylation is 1. The third kappa shape index (κ3) is 3.83. The van der Waals surface area contributed by atoms with Crippen LogP contribution in [0.25, 0.3) is 10.2 Å². The van der Waals surface area contributed by atoms with E-state index in [-0.39, 0.29) is 17.2 Å². The van der Waals surface area contributed by atoms with Gasteiger partial charge in [-0.15, -0.1) is 11.8 Å². The smallest absolute Gasteiger partial charge is 0.268 e. The number of amides is 1. The van der Waals surface area contributed by atoms with Crippen molar-refractivity contribution in [3.05, 3.63) is 39.8 Å². The van der Waals surface area contributed by atoms with E-state index in [2.05, 4.69) is 28.3 Å². The van der Waals surface area contributed by atoms with Crippen LogP contribution in [0.2, 0.25) is 0 Å². The van der Waals surface area contributed by atoms with Crippen LogP contribution in [0.3, 0.4) is 0 Å². The maximum atomic E-state index is 12.7. The van der Waals surface area contributed by atoms with Crippen LogP contribution in [0.1, 0.15) is 25.1 Å². The average Bonchev–Trinajstić information content (AvgIpc) is 3.21. The molecule has 1 atom stereocenters. The zero-order valence-electron chi connectivity index (χ0n) is 15.8. The average molecular weight is 433 g/mol. The second-order valence-electron chi connectivity index (χ2n) is 6.68. The van der Waals surface area contributed by atoms with Gasteiger partial charge in [-0.1, -0.05) is 36.1 Å². The van der Waals surface area contributed by atoms with Gasteiger partial charge in [-0.3, -0.25) is 14.2 Å². The first kappa shape index (κ1) is 19.5. The van der Waals surface area contributed by atoms with Gasteiger partial charge in [0.05, 0.1) is 26.6 Å². The monoisotopic (exact) mass is 432 g/mol. The highest BCUT2D eigenvalue weighted by Crippen LogP contribution is 2.34. The standard InChI is InChI=1S/C19H20N4O2S3/c1-4-23-17(25)16-13(8-11(3)27-16)21-19(23)26-9-15(24)22-18-20-12-6-5-10(2)7-14(12)28-18/h5-7,11H,4,8-9H2,1-3H3,(H,20,22,24)/t11-/m1/s1. The topological polar surface area (TPSA) is 76.9 Å². The van der Waals surface area contributed by atoms with E-state index in [4.69, 9.17) is 0 Å². The van der Waals surface area contributed by atoms with E-state index in [1.165, 1.54) is 23.1 Å². The summed E-state index contributed by atoms with van der Waals surface area (Å²) in [6.07, 6.45) is 0.796. The van der Waals surface area contributed by atoms with Crippen LogP contribution in [0.4, 0.5) is 5.13 Å². The van der Waals surface area contributed by atoms with Crippen LogP contribution < -0.4 is 10.9 Å². The van der Waals surface area contributed by atoms with Crippen LogP contribution in [-0.2, 0) is 17.8 Å². The third-order valence-electron chi connectivity index (χ3n) is 4.40. The quantitative estimate of drug-likeness (QED) is 0.486. The van der Waals surface area contributed by atoms with E-state index in [9.17, 15) is 9.59 Å². The van der Waals surface area contributed by atoms with E-state index in [1.54, 1.807) is 16.3 Å². The van der Waals surface area contributed by atoms with Gasteiger partial charge in [0.2, 0.25) is 5.91 Å². The van der Waals surface area contributed by atoms with Crippen LogP contribution in [-0.4, -0.2) is 31.4 Å². The summed E-state index contributed by atoms with van der Waals surface area (Å²) in [7, 11) is 0. The molecule has 1 N–H and O–H groups in total. The summed E-state index contributed by atoms with van der Waals surface area (Å²) in [5.74, 6) is 0.0315. The molecule has 1 aliphatic rings. The normalized spacial score (nSPS) is 15.8. The first-order valence-electron chi connectivity index (χ1n) is 9.04. The van der Waals surface area contributed by atoms with Gasteiger partial charge in [-0.25, -0.2) is 9.97 Å². The zero-order valence-corrected chi connectivity index (χ0v) is 18.3. The second-order valence-corrected chi connectivity index (χ2v) is 10.1. The minimum Gasteiger partial charge on any atom is -0.301 e. The lowest BCUT2D eigenvalue weighted by molar-refractivity contribution is -0.113. The lowest BCUT2D eigenvalue weighted by Crippen LogP contribution is -2.25. The molecule has 3 heterocycles.